The van der Waals surface area contributed by atoms with E-state index in [2.05, 4.69) is 12.2 Å². The van der Waals surface area contributed by atoms with Crippen LogP contribution in [0.4, 0.5) is 0 Å². The lowest BCUT2D eigenvalue weighted by molar-refractivity contribution is -0.121. The predicted octanol–water partition coefficient (Wildman–Crippen LogP) is 3.06. The normalized spacial score (nSPS) is 12.8. The summed E-state index contributed by atoms with van der Waals surface area (Å²) >= 11 is 0. The molecule has 1 amide bonds. The fourth-order valence-corrected chi connectivity index (χ4v) is 3.72. The number of nitrogens with zero attached hydrogens (tertiary/aromatic N) is 1. The third kappa shape index (κ3) is 4.93. The van der Waals surface area contributed by atoms with Crippen molar-refractivity contribution in [1.82, 2.24) is 9.62 Å². The second-order valence-corrected chi connectivity index (χ2v) is 8.50. The third-order valence-corrected chi connectivity index (χ3v) is 6.18. The fourth-order valence-electron chi connectivity index (χ4n) is 2.59. The van der Waals surface area contributed by atoms with Crippen LogP contribution in [0.1, 0.15) is 36.6 Å². The van der Waals surface area contributed by atoms with Gasteiger partial charge in [-0.15, -0.1) is 0 Å². The summed E-state index contributed by atoms with van der Waals surface area (Å²) in [6, 6.07) is 14.4. The molecule has 0 heterocycles. The first-order chi connectivity index (χ1) is 12.2. The van der Waals surface area contributed by atoms with Crippen molar-refractivity contribution in [3.05, 3.63) is 65.2 Å². The molecule has 0 fully saturated rings. The Balaban J connectivity index is 2.00. The summed E-state index contributed by atoms with van der Waals surface area (Å²) in [5.74, 6) is -0.338. The van der Waals surface area contributed by atoms with Gasteiger partial charge in [0.05, 0.1) is 17.5 Å². The summed E-state index contributed by atoms with van der Waals surface area (Å²) in [5, 5.41) is 2.85. The molecule has 0 aromatic heterocycles. The molecule has 0 saturated heterocycles. The van der Waals surface area contributed by atoms with E-state index >= 15 is 0 Å². The molecule has 0 radical (unpaired) electrons. The number of rotatable bonds is 7. The molecule has 0 saturated carbocycles. The van der Waals surface area contributed by atoms with Crippen LogP contribution in [0, 0.1) is 6.92 Å². The zero-order chi connectivity index (χ0) is 19.3. The molecule has 140 valence electrons. The summed E-state index contributed by atoms with van der Waals surface area (Å²) in [7, 11) is -2.28. The minimum absolute atomic E-state index is 0.182. The number of carbonyl (C=O) groups is 1. The van der Waals surface area contributed by atoms with Gasteiger partial charge in [0.2, 0.25) is 15.9 Å². The second-order valence-electron chi connectivity index (χ2n) is 6.46. The van der Waals surface area contributed by atoms with E-state index in [1.165, 1.54) is 12.6 Å². The molecule has 5 nitrogen and oxygen atoms in total. The second kappa shape index (κ2) is 8.47. The Kier molecular flexibility index (Phi) is 6.56. The molecular weight excluding hydrogens is 348 g/mol. The highest BCUT2D eigenvalue weighted by Gasteiger charge is 2.23. The van der Waals surface area contributed by atoms with Gasteiger partial charge in [-0.05, 0) is 43.5 Å². The van der Waals surface area contributed by atoms with Gasteiger partial charge >= 0.3 is 0 Å². The molecule has 2 rings (SSSR count). The Labute approximate surface area is 156 Å². The Morgan fingerprint density at radius 3 is 2.19 bits per heavy atom. The maximum absolute atomic E-state index is 12.6. The molecule has 0 spiro atoms. The molecule has 1 atom stereocenters. The summed E-state index contributed by atoms with van der Waals surface area (Å²) < 4.78 is 26.2. The van der Waals surface area contributed by atoms with E-state index in [4.69, 9.17) is 0 Å². The van der Waals surface area contributed by atoms with Gasteiger partial charge in [-0.25, -0.2) is 8.42 Å². The first-order valence-corrected chi connectivity index (χ1v) is 10.1. The van der Waals surface area contributed by atoms with Crippen LogP contribution >= 0.6 is 0 Å². The van der Waals surface area contributed by atoms with E-state index in [1.54, 1.807) is 24.3 Å². The number of carbonyl (C=O) groups excluding carboxylic acids is 1. The number of aryl methyl sites for hydroxylation is 2. The summed E-state index contributed by atoms with van der Waals surface area (Å²) in [4.78, 5) is 12.5. The molecule has 0 bridgehead atoms. The highest BCUT2D eigenvalue weighted by atomic mass is 32.2. The van der Waals surface area contributed by atoms with E-state index in [-0.39, 0.29) is 23.4 Å². The minimum Gasteiger partial charge on any atom is -0.348 e. The predicted molar refractivity (Wildman–Crippen MR) is 103 cm³/mol. The lowest BCUT2D eigenvalue weighted by atomic mass is 10.1. The van der Waals surface area contributed by atoms with Crippen molar-refractivity contribution in [1.29, 1.82) is 0 Å². The number of hydrogen-bond acceptors (Lipinski definition) is 3. The first kappa shape index (κ1) is 20.1. The Hall–Kier alpha value is -2.18. The molecule has 0 unspecified atom stereocenters. The molecular formula is C20H26N2O3S. The first-order valence-electron chi connectivity index (χ1n) is 8.65. The monoisotopic (exact) mass is 374 g/mol. The maximum atomic E-state index is 12.6. The van der Waals surface area contributed by atoms with Crippen molar-refractivity contribution in [3.63, 3.8) is 0 Å². The van der Waals surface area contributed by atoms with Crippen molar-refractivity contribution in [3.8, 4) is 0 Å². The molecule has 1 N–H and O–H groups in total. The van der Waals surface area contributed by atoms with Crippen molar-refractivity contribution in [2.24, 2.45) is 0 Å². The van der Waals surface area contributed by atoms with Crippen LogP contribution in [0.2, 0.25) is 0 Å². The standard InChI is InChI=1S/C20H26N2O3S/c1-5-17-8-10-18(11-9-17)16(3)21-20(23)14-22(4)26(24,25)19-12-6-15(2)7-13-19/h6-13,16H,5,14H2,1-4H3,(H,21,23)/t16-/m1/s1. The van der Waals surface area contributed by atoms with Gasteiger partial charge in [-0.3, -0.25) is 4.79 Å². The van der Waals surface area contributed by atoms with Gasteiger partial charge in [0.25, 0.3) is 0 Å². The molecule has 0 aliphatic rings. The number of benzene rings is 2. The third-order valence-electron chi connectivity index (χ3n) is 4.36. The molecule has 26 heavy (non-hydrogen) atoms. The van der Waals surface area contributed by atoms with E-state index < -0.39 is 10.0 Å². The highest BCUT2D eigenvalue weighted by molar-refractivity contribution is 7.89. The zero-order valence-electron chi connectivity index (χ0n) is 15.7. The number of hydrogen-bond donors (Lipinski definition) is 1. The lowest BCUT2D eigenvalue weighted by Crippen LogP contribution is -2.39. The van der Waals surface area contributed by atoms with Crippen LogP contribution < -0.4 is 5.32 Å². The van der Waals surface area contributed by atoms with Crippen LogP contribution in [0.15, 0.2) is 53.4 Å². The molecule has 0 aliphatic carbocycles. The Bertz CT molecular complexity index is 844. The van der Waals surface area contributed by atoms with E-state index in [9.17, 15) is 13.2 Å². The van der Waals surface area contributed by atoms with Crippen molar-refractivity contribution >= 4 is 15.9 Å². The van der Waals surface area contributed by atoms with Gasteiger partial charge < -0.3 is 5.32 Å². The van der Waals surface area contributed by atoms with Crippen molar-refractivity contribution in [2.75, 3.05) is 13.6 Å². The highest BCUT2D eigenvalue weighted by Crippen LogP contribution is 2.16. The smallest absolute Gasteiger partial charge is 0.243 e. The van der Waals surface area contributed by atoms with E-state index in [1.807, 2.05) is 38.1 Å². The summed E-state index contributed by atoms with van der Waals surface area (Å²) in [6.45, 7) is 5.63. The number of sulfonamides is 1. The zero-order valence-corrected chi connectivity index (χ0v) is 16.5. The molecule has 0 aliphatic heterocycles. The Morgan fingerprint density at radius 1 is 1.08 bits per heavy atom. The molecule has 2 aromatic rings. The Morgan fingerprint density at radius 2 is 1.65 bits per heavy atom. The maximum Gasteiger partial charge on any atom is 0.243 e. The van der Waals surface area contributed by atoms with E-state index in [0.29, 0.717) is 0 Å². The van der Waals surface area contributed by atoms with Gasteiger partial charge in [-0.1, -0.05) is 48.9 Å². The average Bonchev–Trinajstić information content (AvgIpc) is 2.61. The SMILES string of the molecule is CCc1ccc([C@@H](C)NC(=O)CN(C)S(=O)(=O)c2ccc(C)cc2)cc1. The fraction of sp³-hybridized carbons (Fsp3) is 0.350. The molecule has 6 heteroatoms. The summed E-state index contributed by atoms with van der Waals surface area (Å²) in [6.07, 6.45) is 0.961. The summed E-state index contributed by atoms with van der Waals surface area (Å²) in [5.41, 5.74) is 3.20. The van der Waals surface area contributed by atoms with Gasteiger partial charge in [0, 0.05) is 7.05 Å². The van der Waals surface area contributed by atoms with E-state index in [0.717, 1.165) is 21.9 Å². The lowest BCUT2D eigenvalue weighted by Gasteiger charge is -2.19. The van der Waals surface area contributed by atoms with Crippen LogP contribution in [0.25, 0.3) is 0 Å². The number of nitrogens with one attached hydrogen (secondary N) is 1. The minimum atomic E-state index is -3.69. The van der Waals surface area contributed by atoms with Crippen molar-refractivity contribution < 1.29 is 13.2 Å². The number of amides is 1. The van der Waals surface area contributed by atoms with Gasteiger partial charge in [-0.2, -0.15) is 4.31 Å². The van der Waals surface area contributed by atoms with Crippen LogP contribution in [-0.2, 0) is 21.2 Å². The largest absolute Gasteiger partial charge is 0.348 e. The van der Waals surface area contributed by atoms with Gasteiger partial charge in [0.1, 0.15) is 0 Å². The van der Waals surface area contributed by atoms with Crippen molar-refractivity contribution in [2.45, 2.75) is 38.1 Å². The van der Waals surface area contributed by atoms with Crippen LogP contribution in [0.3, 0.4) is 0 Å². The van der Waals surface area contributed by atoms with Crippen LogP contribution in [0.5, 0.6) is 0 Å². The van der Waals surface area contributed by atoms with Gasteiger partial charge in [0.15, 0.2) is 0 Å². The molecule has 2 aromatic carbocycles. The average molecular weight is 375 g/mol. The quantitative estimate of drug-likeness (QED) is 0.810. The topological polar surface area (TPSA) is 66.5 Å². The van der Waals surface area contributed by atoms with Crippen LogP contribution in [-0.4, -0.2) is 32.2 Å². The number of likely N-dealkylation sites (N-methyl/N-ethyl adjacent to an activating group) is 1.